The van der Waals surface area contributed by atoms with Crippen LogP contribution in [0.25, 0.3) is 32.6 Å². The molecule has 0 amide bonds. The molecule has 0 unspecified atom stereocenters. The van der Waals surface area contributed by atoms with Gasteiger partial charge in [-0.15, -0.1) is 0 Å². The van der Waals surface area contributed by atoms with E-state index in [1.165, 1.54) is 10.8 Å². The van der Waals surface area contributed by atoms with Crippen LogP contribution in [0.1, 0.15) is 5.56 Å². The quantitative estimate of drug-likeness (QED) is 0.318. The van der Waals surface area contributed by atoms with Crippen LogP contribution in [0.4, 0.5) is 11.4 Å². The highest BCUT2D eigenvalue weighted by Crippen LogP contribution is 2.41. The molecule has 0 atom stereocenters. The minimum absolute atomic E-state index is 0.140. The zero-order valence-corrected chi connectivity index (χ0v) is 18.3. The summed E-state index contributed by atoms with van der Waals surface area (Å²) in [6.45, 7) is 0.574. The summed E-state index contributed by atoms with van der Waals surface area (Å²) in [4.78, 5) is 11.0. The maximum Gasteiger partial charge on any atom is 0.141 e. The molecule has 0 saturated heterocycles. The molecule has 5 nitrogen and oxygen atoms in total. The number of hydrogen-bond donors (Lipinski definition) is 2. The lowest BCUT2D eigenvalue weighted by Gasteiger charge is -2.28. The van der Waals surface area contributed by atoms with E-state index in [9.17, 15) is 10.2 Å². The standard InChI is InChI=1S/C29H21N3O2/c33-26-14-12-24(22-10-4-16-30-28(22)26)32(18-20-8-3-7-19-6-1-2-9-21(19)20)25-13-15-27(34)29-23(25)11-5-17-31-29/h1-17,33-34H,18H2. The Hall–Kier alpha value is -4.64. The molecule has 0 saturated carbocycles. The van der Waals surface area contributed by atoms with Crippen molar-refractivity contribution in [1.29, 1.82) is 0 Å². The molecule has 0 fully saturated rings. The fourth-order valence-corrected chi connectivity index (χ4v) is 4.66. The number of phenolic OH excluding ortho intramolecular Hbond substituents is 2. The zero-order chi connectivity index (χ0) is 23.1. The molecule has 2 aromatic heterocycles. The maximum absolute atomic E-state index is 10.5. The van der Waals surface area contributed by atoms with Crippen molar-refractivity contribution in [2.75, 3.05) is 4.90 Å². The summed E-state index contributed by atoms with van der Waals surface area (Å²) in [5.41, 5.74) is 4.07. The largest absolute Gasteiger partial charge is 0.506 e. The van der Waals surface area contributed by atoms with Crippen LogP contribution in [0.5, 0.6) is 11.5 Å². The molecule has 6 aromatic rings. The highest BCUT2D eigenvalue weighted by atomic mass is 16.3. The number of aromatic nitrogens is 2. The summed E-state index contributed by atoms with van der Waals surface area (Å²) in [6.07, 6.45) is 3.36. The highest BCUT2D eigenvalue weighted by molar-refractivity contribution is 6.02. The van der Waals surface area contributed by atoms with Gasteiger partial charge in [0, 0.05) is 29.7 Å². The van der Waals surface area contributed by atoms with Crippen LogP contribution in [0.3, 0.4) is 0 Å². The van der Waals surface area contributed by atoms with E-state index in [4.69, 9.17) is 0 Å². The van der Waals surface area contributed by atoms with Crippen LogP contribution in [-0.4, -0.2) is 20.2 Å². The molecule has 0 aliphatic rings. The number of pyridine rings is 2. The van der Waals surface area contributed by atoms with Gasteiger partial charge in [0.15, 0.2) is 0 Å². The Labute approximate surface area is 196 Å². The lowest BCUT2D eigenvalue weighted by Crippen LogP contribution is -2.17. The van der Waals surface area contributed by atoms with Crippen LogP contribution in [-0.2, 0) is 6.54 Å². The monoisotopic (exact) mass is 443 g/mol. The van der Waals surface area contributed by atoms with Gasteiger partial charge < -0.3 is 15.1 Å². The Bertz CT molecular complexity index is 1590. The summed E-state index contributed by atoms with van der Waals surface area (Å²) >= 11 is 0. The summed E-state index contributed by atoms with van der Waals surface area (Å²) < 4.78 is 0. The molecule has 0 spiro atoms. The minimum Gasteiger partial charge on any atom is -0.506 e. The fraction of sp³-hybridized carbons (Fsp3) is 0.0345. The van der Waals surface area contributed by atoms with Crippen LogP contribution in [0.2, 0.25) is 0 Å². The predicted octanol–water partition coefficient (Wildman–Crippen LogP) is 6.69. The van der Waals surface area contributed by atoms with Crippen LogP contribution in [0.15, 0.2) is 103 Å². The molecule has 0 radical (unpaired) electrons. The van der Waals surface area contributed by atoms with Crippen molar-refractivity contribution in [3.8, 4) is 11.5 Å². The van der Waals surface area contributed by atoms with Crippen molar-refractivity contribution in [2.45, 2.75) is 6.54 Å². The van der Waals surface area contributed by atoms with E-state index in [1.54, 1.807) is 24.5 Å². The van der Waals surface area contributed by atoms with Crippen molar-refractivity contribution < 1.29 is 10.2 Å². The third-order valence-electron chi connectivity index (χ3n) is 6.24. The smallest absolute Gasteiger partial charge is 0.141 e. The number of fused-ring (bicyclic) bond motifs is 3. The van der Waals surface area contributed by atoms with Crippen molar-refractivity contribution in [1.82, 2.24) is 9.97 Å². The van der Waals surface area contributed by atoms with Gasteiger partial charge in [-0.3, -0.25) is 9.97 Å². The Morgan fingerprint density at radius 2 is 1.12 bits per heavy atom. The second-order valence-electron chi connectivity index (χ2n) is 8.23. The number of benzene rings is 4. The van der Waals surface area contributed by atoms with Gasteiger partial charge in [0.1, 0.15) is 22.5 Å². The van der Waals surface area contributed by atoms with Gasteiger partial charge in [-0.25, -0.2) is 0 Å². The summed E-state index contributed by atoms with van der Waals surface area (Å²) in [5, 5.41) is 25.0. The molecule has 4 aromatic carbocycles. The highest BCUT2D eigenvalue weighted by Gasteiger charge is 2.19. The first-order valence-corrected chi connectivity index (χ1v) is 11.1. The number of hydrogen-bond acceptors (Lipinski definition) is 5. The second-order valence-corrected chi connectivity index (χ2v) is 8.23. The molecule has 0 aliphatic carbocycles. The van der Waals surface area contributed by atoms with Crippen molar-refractivity contribution in [3.05, 3.63) is 109 Å². The Morgan fingerprint density at radius 3 is 1.76 bits per heavy atom. The Morgan fingerprint density at radius 1 is 0.559 bits per heavy atom. The van der Waals surface area contributed by atoms with Gasteiger partial charge in [0.05, 0.1) is 11.4 Å². The van der Waals surface area contributed by atoms with Gasteiger partial charge in [-0.1, -0.05) is 42.5 Å². The summed E-state index contributed by atoms with van der Waals surface area (Å²) in [6, 6.07) is 29.5. The molecule has 0 bridgehead atoms. The molecule has 0 aliphatic heterocycles. The van der Waals surface area contributed by atoms with Crippen molar-refractivity contribution in [3.63, 3.8) is 0 Å². The number of phenols is 2. The number of aromatic hydroxyl groups is 2. The average Bonchev–Trinajstić information content (AvgIpc) is 2.89. The summed E-state index contributed by atoms with van der Waals surface area (Å²) in [7, 11) is 0. The van der Waals surface area contributed by atoms with Crippen molar-refractivity contribution >= 4 is 44.0 Å². The third kappa shape index (κ3) is 3.26. The first kappa shape index (κ1) is 20.0. The van der Waals surface area contributed by atoms with E-state index in [0.29, 0.717) is 17.6 Å². The second kappa shape index (κ2) is 8.05. The van der Waals surface area contributed by atoms with Gasteiger partial charge in [-0.2, -0.15) is 0 Å². The number of rotatable bonds is 4. The van der Waals surface area contributed by atoms with E-state index in [1.807, 2.05) is 42.5 Å². The normalized spacial score (nSPS) is 11.3. The van der Waals surface area contributed by atoms with Crippen LogP contribution in [0, 0.1) is 0 Å². The van der Waals surface area contributed by atoms with E-state index in [2.05, 4.69) is 51.3 Å². The minimum atomic E-state index is 0.140. The fourth-order valence-electron chi connectivity index (χ4n) is 4.66. The van der Waals surface area contributed by atoms with Gasteiger partial charge in [0.2, 0.25) is 0 Å². The van der Waals surface area contributed by atoms with E-state index >= 15 is 0 Å². The SMILES string of the molecule is Oc1ccc(N(Cc2cccc3ccccc23)c2ccc(O)c3ncccc23)c2cccnc12. The van der Waals surface area contributed by atoms with Crippen molar-refractivity contribution in [2.24, 2.45) is 0 Å². The molecule has 5 heteroatoms. The zero-order valence-electron chi connectivity index (χ0n) is 18.3. The predicted molar refractivity (Wildman–Crippen MR) is 137 cm³/mol. The maximum atomic E-state index is 10.5. The third-order valence-corrected chi connectivity index (χ3v) is 6.24. The topological polar surface area (TPSA) is 69.5 Å². The number of nitrogens with zero attached hydrogens (tertiary/aromatic N) is 3. The Kier molecular flexibility index (Phi) is 4.73. The molecular weight excluding hydrogens is 422 g/mol. The average molecular weight is 444 g/mol. The molecule has 164 valence electrons. The first-order chi connectivity index (χ1) is 16.7. The summed E-state index contributed by atoms with van der Waals surface area (Å²) in [5.74, 6) is 0.281. The van der Waals surface area contributed by atoms with E-state index in [-0.39, 0.29) is 11.5 Å². The van der Waals surface area contributed by atoms with Crippen LogP contribution < -0.4 is 4.90 Å². The lowest BCUT2D eigenvalue weighted by molar-refractivity contribution is 0.480. The van der Waals surface area contributed by atoms with Gasteiger partial charge in [0.25, 0.3) is 0 Å². The van der Waals surface area contributed by atoms with Crippen LogP contribution >= 0.6 is 0 Å². The van der Waals surface area contributed by atoms with E-state index in [0.717, 1.165) is 27.7 Å². The Balaban J connectivity index is 1.64. The molecular formula is C29H21N3O2. The molecule has 2 N–H and O–H groups in total. The number of anilines is 2. The van der Waals surface area contributed by atoms with Gasteiger partial charge in [-0.05, 0) is 64.9 Å². The molecule has 34 heavy (non-hydrogen) atoms. The lowest BCUT2D eigenvalue weighted by atomic mass is 10.0. The molecule has 2 heterocycles. The van der Waals surface area contributed by atoms with Gasteiger partial charge >= 0.3 is 0 Å². The first-order valence-electron chi connectivity index (χ1n) is 11.1. The molecule has 6 rings (SSSR count). The van der Waals surface area contributed by atoms with E-state index < -0.39 is 0 Å².